The molecule has 1 atom stereocenters. The van der Waals surface area contributed by atoms with Crippen LogP contribution < -0.4 is 15.8 Å². The predicted molar refractivity (Wildman–Crippen MR) is 95.8 cm³/mol. The van der Waals surface area contributed by atoms with Gasteiger partial charge in [-0.1, -0.05) is 11.6 Å². The number of nitrogens with zero attached hydrogens (tertiary/aromatic N) is 4. The van der Waals surface area contributed by atoms with Gasteiger partial charge in [-0.15, -0.1) is 0 Å². The Labute approximate surface area is 149 Å². The monoisotopic (exact) mass is 360 g/mol. The maximum absolute atomic E-state index is 12.6. The van der Waals surface area contributed by atoms with Crippen LogP contribution >= 0.6 is 11.6 Å². The Balaban J connectivity index is 1.88. The van der Waals surface area contributed by atoms with E-state index in [0.717, 1.165) is 5.56 Å². The maximum Gasteiger partial charge on any atom is 0.247 e. The number of amides is 1. The van der Waals surface area contributed by atoms with Crippen molar-refractivity contribution in [3.63, 3.8) is 0 Å². The van der Waals surface area contributed by atoms with Crippen LogP contribution in [0.3, 0.4) is 0 Å². The van der Waals surface area contributed by atoms with Gasteiger partial charge in [0.05, 0.1) is 24.1 Å². The SMILES string of the molecule is COc1cc(Cl)c(NC(=O)C(C)n2cnc3c(N)ncnc32)cc1C. The standard InChI is InChI=1S/C16H17ClN6O2/c1-8-4-11(10(17)5-12(8)25-3)22-16(24)9(2)23-7-21-13-14(18)19-6-20-15(13)23/h4-7,9H,1-3H3,(H,22,24)(H2,18,19,20). The van der Waals surface area contributed by atoms with E-state index in [0.29, 0.717) is 27.6 Å². The lowest BCUT2D eigenvalue weighted by atomic mass is 10.2. The Morgan fingerprint density at radius 1 is 1.36 bits per heavy atom. The normalized spacial score (nSPS) is 12.2. The lowest BCUT2D eigenvalue weighted by Gasteiger charge is -2.16. The number of anilines is 2. The van der Waals surface area contributed by atoms with Gasteiger partial charge in [-0.05, 0) is 25.5 Å². The van der Waals surface area contributed by atoms with Gasteiger partial charge in [0.2, 0.25) is 5.91 Å². The Bertz CT molecular complexity index is 955. The van der Waals surface area contributed by atoms with Gasteiger partial charge < -0.3 is 20.4 Å². The van der Waals surface area contributed by atoms with Crippen molar-refractivity contribution in [2.24, 2.45) is 0 Å². The molecule has 0 aliphatic heterocycles. The average Bonchev–Trinajstić information content (AvgIpc) is 3.02. The number of methoxy groups -OCH3 is 1. The summed E-state index contributed by atoms with van der Waals surface area (Å²) >= 11 is 6.22. The van der Waals surface area contributed by atoms with Crippen LogP contribution in [0.2, 0.25) is 5.02 Å². The summed E-state index contributed by atoms with van der Waals surface area (Å²) in [5, 5.41) is 3.21. The molecule has 0 radical (unpaired) electrons. The van der Waals surface area contributed by atoms with Gasteiger partial charge in [0, 0.05) is 6.07 Å². The number of aromatic nitrogens is 4. The second-order valence-corrected chi connectivity index (χ2v) is 5.96. The van der Waals surface area contributed by atoms with Crippen LogP contribution in [0.4, 0.5) is 11.5 Å². The average molecular weight is 361 g/mol. The minimum Gasteiger partial charge on any atom is -0.496 e. The van der Waals surface area contributed by atoms with E-state index in [-0.39, 0.29) is 11.7 Å². The topological polar surface area (TPSA) is 108 Å². The summed E-state index contributed by atoms with van der Waals surface area (Å²) in [6.07, 6.45) is 2.85. The van der Waals surface area contributed by atoms with E-state index in [1.54, 1.807) is 30.7 Å². The van der Waals surface area contributed by atoms with Crippen molar-refractivity contribution in [2.75, 3.05) is 18.2 Å². The first-order chi connectivity index (χ1) is 11.9. The van der Waals surface area contributed by atoms with Gasteiger partial charge in [-0.3, -0.25) is 4.79 Å². The van der Waals surface area contributed by atoms with Crippen LogP contribution in [0.25, 0.3) is 11.2 Å². The fraction of sp³-hybridized carbons (Fsp3) is 0.250. The van der Waals surface area contributed by atoms with Crippen LogP contribution in [0.5, 0.6) is 5.75 Å². The van der Waals surface area contributed by atoms with E-state index >= 15 is 0 Å². The van der Waals surface area contributed by atoms with Crippen molar-refractivity contribution in [3.8, 4) is 5.75 Å². The molecule has 2 heterocycles. The molecular formula is C16H17ClN6O2. The molecule has 130 valence electrons. The number of ether oxygens (including phenoxy) is 1. The van der Waals surface area contributed by atoms with Gasteiger partial charge in [-0.2, -0.15) is 0 Å². The third-order valence-electron chi connectivity index (χ3n) is 3.93. The fourth-order valence-electron chi connectivity index (χ4n) is 2.50. The molecule has 1 unspecified atom stereocenters. The van der Waals surface area contributed by atoms with E-state index in [9.17, 15) is 4.79 Å². The van der Waals surface area contributed by atoms with E-state index in [1.165, 1.54) is 12.7 Å². The second-order valence-electron chi connectivity index (χ2n) is 5.55. The third-order valence-corrected chi connectivity index (χ3v) is 4.24. The van der Waals surface area contributed by atoms with Crippen molar-refractivity contribution < 1.29 is 9.53 Å². The molecule has 3 rings (SSSR count). The number of nitrogen functional groups attached to an aromatic ring is 1. The van der Waals surface area contributed by atoms with Crippen molar-refractivity contribution in [1.29, 1.82) is 0 Å². The first kappa shape index (κ1) is 17.0. The van der Waals surface area contributed by atoms with Gasteiger partial charge in [0.15, 0.2) is 11.5 Å². The zero-order valence-electron chi connectivity index (χ0n) is 13.9. The molecule has 0 fully saturated rings. The number of rotatable bonds is 4. The van der Waals surface area contributed by atoms with Gasteiger partial charge in [0.1, 0.15) is 23.6 Å². The molecule has 3 aromatic rings. The van der Waals surface area contributed by atoms with Crippen LogP contribution in [0.15, 0.2) is 24.8 Å². The highest BCUT2D eigenvalue weighted by molar-refractivity contribution is 6.34. The van der Waals surface area contributed by atoms with E-state index in [4.69, 9.17) is 22.1 Å². The van der Waals surface area contributed by atoms with E-state index in [2.05, 4.69) is 20.3 Å². The highest BCUT2D eigenvalue weighted by Gasteiger charge is 2.20. The van der Waals surface area contributed by atoms with Crippen LogP contribution in [0, 0.1) is 6.92 Å². The summed E-state index contributed by atoms with van der Waals surface area (Å²) in [6, 6.07) is 2.85. The van der Waals surface area contributed by atoms with Gasteiger partial charge in [0.25, 0.3) is 0 Å². The van der Waals surface area contributed by atoms with Crippen molar-refractivity contribution in [2.45, 2.75) is 19.9 Å². The first-order valence-electron chi connectivity index (χ1n) is 7.50. The minimum absolute atomic E-state index is 0.261. The molecule has 2 aromatic heterocycles. The third kappa shape index (κ3) is 3.08. The smallest absolute Gasteiger partial charge is 0.247 e. The van der Waals surface area contributed by atoms with Crippen molar-refractivity contribution >= 4 is 40.2 Å². The summed E-state index contributed by atoms with van der Waals surface area (Å²) in [5.74, 6) is 0.664. The second kappa shape index (κ2) is 6.56. The highest BCUT2D eigenvalue weighted by atomic mass is 35.5. The number of nitrogens with one attached hydrogen (secondary N) is 1. The number of carbonyl (C=O) groups excluding carboxylic acids is 1. The quantitative estimate of drug-likeness (QED) is 0.740. The molecule has 0 saturated carbocycles. The molecule has 0 aliphatic rings. The lowest BCUT2D eigenvalue weighted by molar-refractivity contribution is -0.118. The summed E-state index contributed by atoms with van der Waals surface area (Å²) in [4.78, 5) is 24.9. The van der Waals surface area contributed by atoms with Gasteiger partial charge in [-0.25, -0.2) is 15.0 Å². The number of hydrogen-bond acceptors (Lipinski definition) is 6. The number of fused-ring (bicyclic) bond motifs is 1. The lowest BCUT2D eigenvalue weighted by Crippen LogP contribution is -2.23. The number of hydrogen-bond donors (Lipinski definition) is 2. The molecule has 25 heavy (non-hydrogen) atoms. The highest BCUT2D eigenvalue weighted by Crippen LogP contribution is 2.31. The summed E-state index contributed by atoms with van der Waals surface area (Å²) < 4.78 is 6.85. The van der Waals surface area contributed by atoms with E-state index in [1.807, 2.05) is 6.92 Å². The summed E-state index contributed by atoms with van der Waals surface area (Å²) in [7, 11) is 1.57. The molecule has 0 bridgehead atoms. The van der Waals surface area contributed by atoms with Crippen molar-refractivity contribution in [1.82, 2.24) is 19.5 Å². The van der Waals surface area contributed by atoms with Crippen LogP contribution in [-0.2, 0) is 4.79 Å². The zero-order valence-corrected chi connectivity index (χ0v) is 14.7. The molecule has 0 aliphatic carbocycles. The number of nitrogens with two attached hydrogens (primary N) is 1. The minimum atomic E-state index is -0.572. The molecule has 1 amide bonds. The summed E-state index contributed by atoms with van der Waals surface area (Å²) in [6.45, 7) is 3.61. The van der Waals surface area contributed by atoms with Crippen LogP contribution in [0.1, 0.15) is 18.5 Å². The number of benzene rings is 1. The number of imidazole rings is 1. The fourth-order valence-corrected chi connectivity index (χ4v) is 2.70. The Kier molecular flexibility index (Phi) is 4.45. The molecule has 0 spiro atoms. The van der Waals surface area contributed by atoms with Gasteiger partial charge >= 0.3 is 0 Å². The first-order valence-corrected chi connectivity index (χ1v) is 7.88. The molecule has 9 heteroatoms. The number of carbonyl (C=O) groups is 1. The molecular weight excluding hydrogens is 344 g/mol. The maximum atomic E-state index is 12.6. The predicted octanol–water partition coefficient (Wildman–Crippen LogP) is 2.58. The Hall–Kier alpha value is -2.87. The Morgan fingerprint density at radius 3 is 2.84 bits per heavy atom. The molecule has 3 N–H and O–H groups in total. The Morgan fingerprint density at radius 2 is 2.12 bits per heavy atom. The molecule has 1 aromatic carbocycles. The number of aryl methyl sites for hydroxylation is 1. The van der Waals surface area contributed by atoms with Crippen molar-refractivity contribution in [3.05, 3.63) is 35.4 Å². The zero-order chi connectivity index (χ0) is 18.1. The number of halogens is 1. The van der Waals surface area contributed by atoms with E-state index < -0.39 is 6.04 Å². The molecule has 0 saturated heterocycles. The van der Waals surface area contributed by atoms with Crippen LogP contribution in [-0.4, -0.2) is 32.5 Å². The largest absolute Gasteiger partial charge is 0.496 e. The summed E-state index contributed by atoms with van der Waals surface area (Å²) in [5.41, 5.74) is 8.10. The molecule has 8 nitrogen and oxygen atoms in total.